The molecule has 0 bridgehead atoms. The van der Waals surface area contributed by atoms with Gasteiger partial charge in [-0.3, -0.25) is 4.68 Å². The maximum absolute atomic E-state index is 13.7. The lowest BCUT2D eigenvalue weighted by molar-refractivity contribution is 0.0288. The molecule has 47 heavy (non-hydrogen) atoms. The Labute approximate surface area is 271 Å². The number of aromatic nitrogens is 5. The van der Waals surface area contributed by atoms with Crippen molar-refractivity contribution in [2.75, 3.05) is 45.1 Å². The van der Waals surface area contributed by atoms with Crippen molar-refractivity contribution in [3.05, 3.63) is 60.3 Å². The van der Waals surface area contributed by atoms with Gasteiger partial charge in [0.05, 0.1) is 33.6 Å². The van der Waals surface area contributed by atoms with Crippen LogP contribution in [0.2, 0.25) is 0 Å². The first-order valence-corrected chi connectivity index (χ1v) is 14.9. The summed E-state index contributed by atoms with van der Waals surface area (Å²) < 4.78 is 51.1. The molecule has 1 aliphatic heterocycles. The number of amides is 1. The molecule has 1 fully saturated rings. The largest absolute Gasteiger partial charge is 0.497 e. The summed E-state index contributed by atoms with van der Waals surface area (Å²) in [6.07, 6.45) is 2.69. The van der Waals surface area contributed by atoms with Gasteiger partial charge in [0.1, 0.15) is 40.3 Å². The molecule has 1 unspecified atom stereocenters. The van der Waals surface area contributed by atoms with E-state index in [4.69, 9.17) is 18.9 Å². The maximum Gasteiger partial charge on any atom is 0.410 e. The molecule has 4 heterocycles. The van der Waals surface area contributed by atoms with Crippen LogP contribution in [0, 0.1) is 0 Å². The fraction of sp³-hybridized carbons (Fsp3) is 0.406. The second-order valence-corrected chi connectivity index (χ2v) is 11.8. The first-order valence-electron chi connectivity index (χ1n) is 14.9. The third kappa shape index (κ3) is 8.15. The van der Waals surface area contributed by atoms with Crippen molar-refractivity contribution in [1.29, 1.82) is 0 Å². The highest BCUT2D eigenvalue weighted by atomic mass is 19.3. The fourth-order valence-electron chi connectivity index (χ4n) is 5.05. The number of anilines is 3. The van der Waals surface area contributed by atoms with Crippen LogP contribution in [0.25, 0.3) is 11.1 Å². The fourth-order valence-corrected chi connectivity index (χ4v) is 5.05. The van der Waals surface area contributed by atoms with Gasteiger partial charge < -0.3 is 34.5 Å². The third-order valence-electron chi connectivity index (χ3n) is 7.34. The average molecular weight is 653 g/mol. The minimum Gasteiger partial charge on any atom is -0.497 e. The number of methoxy groups -OCH3 is 3. The van der Waals surface area contributed by atoms with Crippen molar-refractivity contribution >= 4 is 23.5 Å². The minimum absolute atomic E-state index is 0.00781. The molecular weight excluding hydrogens is 614 g/mol. The molecule has 1 aliphatic rings. The summed E-state index contributed by atoms with van der Waals surface area (Å²) in [5.74, 6) is 1.66. The number of ether oxygens (including phenoxy) is 4. The number of nitrogens with zero attached hydrogens (tertiary/aromatic N) is 6. The number of likely N-dealkylation sites (tertiary alicyclic amines) is 1. The number of hydrogen-bond donors (Lipinski definition) is 2. The van der Waals surface area contributed by atoms with Crippen LogP contribution in [-0.2, 0) is 11.3 Å². The molecule has 4 aromatic rings. The van der Waals surface area contributed by atoms with Gasteiger partial charge in [-0.2, -0.15) is 5.10 Å². The van der Waals surface area contributed by atoms with Crippen molar-refractivity contribution in [3.63, 3.8) is 0 Å². The average Bonchev–Trinajstić information content (AvgIpc) is 3.73. The molecule has 250 valence electrons. The summed E-state index contributed by atoms with van der Waals surface area (Å²) in [7, 11) is 4.62. The number of carbonyl (C=O) groups excluding carboxylic acids is 1. The molecule has 0 aliphatic carbocycles. The van der Waals surface area contributed by atoms with Crippen LogP contribution in [0.1, 0.15) is 51.0 Å². The summed E-state index contributed by atoms with van der Waals surface area (Å²) in [6.45, 7) is 6.83. The van der Waals surface area contributed by atoms with Crippen LogP contribution in [0.3, 0.4) is 0 Å². The second kappa shape index (κ2) is 14.1. The zero-order chi connectivity index (χ0) is 33.7. The smallest absolute Gasteiger partial charge is 0.410 e. The van der Waals surface area contributed by atoms with Crippen molar-refractivity contribution in [2.45, 2.75) is 51.8 Å². The Hall–Kier alpha value is -5.21. The molecule has 0 spiro atoms. The number of nitrogens with one attached hydrogen (secondary N) is 2. The topological polar surface area (TPSA) is 138 Å². The summed E-state index contributed by atoms with van der Waals surface area (Å²) >= 11 is 0. The molecule has 0 radical (unpaired) electrons. The van der Waals surface area contributed by atoms with E-state index in [2.05, 4.69) is 30.7 Å². The molecule has 1 atom stereocenters. The highest BCUT2D eigenvalue weighted by Gasteiger charge is 2.31. The molecule has 1 aromatic carbocycles. The van der Waals surface area contributed by atoms with Crippen molar-refractivity contribution in [2.24, 2.45) is 0 Å². The Morgan fingerprint density at radius 2 is 1.77 bits per heavy atom. The van der Waals surface area contributed by atoms with E-state index in [1.54, 1.807) is 42.6 Å². The minimum atomic E-state index is -2.90. The molecule has 0 saturated carbocycles. The molecule has 15 heteroatoms. The van der Waals surface area contributed by atoms with Gasteiger partial charge in [0.15, 0.2) is 5.82 Å². The van der Waals surface area contributed by atoms with Crippen LogP contribution in [-0.4, -0.2) is 75.7 Å². The molecule has 1 amide bonds. The lowest BCUT2D eigenvalue weighted by Crippen LogP contribution is -2.35. The number of halogens is 2. The van der Waals surface area contributed by atoms with Gasteiger partial charge >= 0.3 is 6.09 Å². The van der Waals surface area contributed by atoms with Crippen molar-refractivity contribution in [1.82, 2.24) is 29.6 Å². The zero-order valence-corrected chi connectivity index (χ0v) is 27.1. The second-order valence-electron chi connectivity index (χ2n) is 11.8. The predicted octanol–water partition coefficient (Wildman–Crippen LogP) is 6.24. The third-order valence-corrected chi connectivity index (χ3v) is 7.34. The number of carbonyl (C=O) groups is 1. The lowest BCUT2D eigenvalue weighted by atomic mass is 10.1. The summed E-state index contributed by atoms with van der Waals surface area (Å²) in [5.41, 5.74) is 1.65. The van der Waals surface area contributed by atoms with Crippen LogP contribution in [0.15, 0.2) is 48.9 Å². The van der Waals surface area contributed by atoms with Crippen LogP contribution >= 0.6 is 0 Å². The number of pyridine rings is 1. The van der Waals surface area contributed by atoms with E-state index >= 15 is 0 Å². The lowest BCUT2D eigenvalue weighted by Gasteiger charge is -2.24. The predicted molar refractivity (Wildman–Crippen MR) is 171 cm³/mol. The Morgan fingerprint density at radius 1 is 1.00 bits per heavy atom. The van der Waals surface area contributed by atoms with Gasteiger partial charge in [0.25, 0.3) is 6.43 Å². The van der Waals surface area contributed by atoms with E-state index in [-0.39, 0.29) is 30.3 Å². The number of alkyl halides is 2. The quantitative estimate of drug-likeness (QED) is 0.191. The Bertz CT molecular complexity index is 1710. The van der Waals surface area contributed by atoms with Gasteiger partial charge in [-0.1, -0.05) is 0 Å². The van der Waals surface area contributed by atoms with Gasteiger partial charge in [-0.05, 0) is 39.3 Å². The Balaban J connectivity index is 1.30. The van der Waals surface area contributed by atoms with Crippen LogP contribution in [0.4, 0.5) is 31.0 Å². The molecular formula is C32H38F2N8O5. The summed E-state index contributed by atoms with van der Waals surface area (Å²) in [4.78, 5) is 26.6. The highest BCUT2D eigenvalue weighted by molar-refractivity contribution is 5.72. The summed E-state index contributed by atoms with van der Waals surface area (Å²) in [6, 6.07) is 8.47. The van der Waals surface area contributed by atoms with Gasteiger partial charge in [-0.25, -0.2) is 28.5 Å². The van der Waals surface area contributed by atoms with E-state index in [0.717, 1.165) is 17.5 Å². The standard InChI is InChI=1S/C32H38F2N8O5/c1-32(2,3)47-31(43)41-10-9-21(18-41)42-17-20(15-37-42)23-16-36-26(12-25(23)46-6)38-28-13-27(39-30(40-28)29(33)34)35-14-19-7-8-22(44-4)11-24(19)45-5/h7-8,11-13,15-17,21,29H,9-10,14,18H2,1-6H3,(H2,35,36,38,39,40). The van der Waals surface area contributed by atoms with Gasteiger partial charge in [0, 0.05) is 66.9 Å². The molecule has 5 rings (SSSR count). The molecule has 13 nitrogen and oxygen atoms in total. The normalized spacial score (nSPS) is 14.7. The van der Waals surface area contributed by atoms with E-state index < -0.39 is 17.9 Å². The number of hydrogen-bond acceptors (Lipinski definition) is 11. The molecule has 3 aromatic heterocycles. The van der Waals surface area contributed by atoms with Gasteiger partial charge in [0.2, 0.25) is 0 Å². The molecule has 2 N–H and O–H groups in total. The SMILES string of the molecule is COc1ccc(CNc2cc(Nc3cc(OC)c(-c4cnn(C5CCN(C(=O)OC(C)(C)C)C5)c4)cn3)nc(C(F)F)n2)c(OC)c1. The van der Waals surface area contributed by atoms with Crippen molar-refractivity contribution in [3.8, 4) is 28.4 Å². The first kappa shape index (κ1) is 33.2. The number of benzene rings is 1. The van der Waals surface area contributed by atoms with Crippen LogP contribution in [0.5, 0.6) is 17.2 Å². The highest BCUT2D eigenvalue weighted by Crippen LogP contribution is 2.34. The maximum atomic E-state index is 13.7. The van der Waals surface area contributed by atoms with Crippen molar-refractivity contribution < 1.29 is 32.5 Å². The van der Waals surface area contributed by atoms with E-state index in [1.807, 2.05) is 37.7 Å². The summed E-state index contributed by atoms with van der Waals surface area (Å²) in [5, 5.41) is 10.6. The van der Waals surface area contributed by atoms with Crippen LogP contribution < -0.4 is 24.8 Å². The number of rotatable bonds is 11. The Kier molecular flexibility index (Phi) is 9.92. The van der Waals surface area contributed by atoms with E-state index in [9.17, 15) is 13.6 Å². The Morgan fingerprint density at radius 3 is 2.47 bits per heavy atom. The van der Waals surface area contributed by atoms with Gasteiger partial charge in [-0.15, -0.1) is 0 Å². The first-order chi connectivity index (χ1) is 22.5. The zero-order valence-electron chi connectivity index (χ0n) is 27.1. The van der Waals surface area contributed by atoms with E-state index in [1.165, 1.54) is 20.3 Å². The van der Waals surface area contributed by atoms with E-state index in [0.29, 0.717) is 41.7 Å². The monoisotopic (exact) mass is 652 g/mol. The molecule has 1 saturated heterocycles.